The van der Waals surface area contributed by atoms with Gasteiger partial charge in [-0.25, -0.2) is 0 Å². The number of aromatic nitrogens is 1. The van der Waals surface area contributed by atoms with Crippen LogP contribution in [0.15, 0.2) is 77.4 Å². The van der Waals surface area contributed by atoms with Crippen LogP contribution < -0.4 is 4.74 Å². The standard InChI is InChI=1S/C28H27BrN2O2/c1-19-14-21(10-11-26(19)29)28(32)30-13-12-22(17-30)25-18-31(27-9-4-3-8-24(25)27)16-20-6-5-7-23(15-20)33-2/h3-11,14-15,18,22H,12-13,16-17H2,1-2H3. The van der Waals surface area contributed by atoms with E-state index in [-0.39, 0.29) is 5.91 Å². The van der Waals surface area contributed by atoms with Crippen molar-refractivity contribution < 1.29 is 9.53 Å². The minimum absolute atomic E-state index is 0.119. The topological polar surface area (TPSA) is 34.5 Å². The lowest BCUT2D eigenvalue weighted by Crippen LogP contribution is -2.28. The fourth-order valence-electron chi connectivity index (χ4n) is 4.86. The molecule has 168 valence electrons. The second kappa shape index (κ2) is 9.06. The number of carbonyl (C=O) groups excluding carboxylic acids is 1. The molecule has 0 radical (unpaired) electrons. The average molecular weight is 503 g/mol. The van der Waals surface area contributed by atoms with Gasteiger partial charge in [0, 0.05) is 52.7 Å². The number of amides is 1. The van der Waals surface area contributed by atoms with Gasteiger partial charge in [0.2, 0.25) is 0 Å². The van der Waals surface area contributed by atoms with Crippen molar-refractivity contribution in [3.05, 3.63) is 99.7 Å². The van der Waals surface area contributed by atoms with E-state index in [2.05, 4.69) is 63.1 Å². The Bertz CT molecular complexity index is 1330. The second-order valence-corrected chi connectivity index (χ2v) is 9.64. The molecule has 33 heavy (non-hydrogen) atoms. The summed E-state index contributed by atoms with van der Waals surface area (Å²) in [4.78, 5) is 15.2. The molecular formula is C28H27BrN2O2. The van der Waals surface area contributed by atoms with Crippen LogP contribution >= 0.6 is 15.9 Å². The summed E-state index contributed by atoms with van der Waals surface area (Å²) in [5.41, 5.74) is 5.60. The molecule has 1 saturated heterocycles. The number of halogens is 1. The van der Waals surface area contributed by atoms with Crippen LogP contribution in [-0.2, 0) is 6.54 Å². The monoisotopic (exact) mass is 502 g/mol. The molecule has 1 atom stereocenters. The third-order valence-electron chi connectivity index (χ3n) is 6.63. The van der Waals surface area contributed by atoms with Gasteiger partial charge in [-0.3, -0.25) is 4.79 Å². The first-order chi connectivity index (χ1) is 16.0. The van der Waals surface area contributed by atoms with E-state index in [1.807, 2.05) is 42.2 Å². The Morgan fingerprint density at radius 3 is 2.76 bits per heavy atom. The smallest absolute Gasteiger partial charge is 0.253 e. The van der Waals surface area contributed by atoms with Crippen molar-refractivity contribution in [2.24, 2.45) is 0 Å². The molecule has 0 aliphatic carbocycles. The number of fused-ring (bicyclic) bond motifs is 1. The normalized spacial score (nSPS) is 15.8. The lowest BCUT2D eigenvalue weighted by Gasteiger charge is -2.17. The summed E-state index contributed by atoms with van der Waals surface area (Å²) >= 11 is 3.52. The summed E-state index contributed by atoms with van der Waals surface area (Å²) in [6, 6.07) is 22.6. The highest BCUT2D eigenvalue weighted by molar-refractivity contribution is 9.10. The quantitative estimate of drug-likeness (QED) is 0.316. The first-order valence-corrected chi connectivity index (χ1v) is 12.1. The van der Waals surface area contributed by atoms with Crippen LogP contribution in [0, 0.1) is 6.92 Å². The molecule has 1 fully saturated rings. The minimum Gasteiger partial charge on any atom is -0.497 e. The number of hydrogen-bond acceptors (Lipinski definition) is 2. The molecule has 1 aliphatic heterocycles. The van der Waals surface area contributed by atoms with Crippen molar-refractivity contribution in [2.75, 3.05) is 20.2 Å². The van der Waals surface area contributed by atoms with Crippen molar-refractivity contribution in [3.63, 3.8) is 0 Å². The van der Waals surface area contributed by atoms with Gasteiger partial charge >= 0.3 is 0 Å². The van der Waals surface area contributed by atoms with Gasteiger partial charge in [-0.2, -0.15) is 0 Å². The van der Waals surface area contributed by atoms with E-state index >= 15 is 0 Å². The van der Waals surface area contributed by atoms with Crippen LogP contribution in [0.1, 0.15) is 39.4 Å². The minimum atomic E-state index is 0.119. The fraction of sp³-hybridized carbons (Fsp3) is 0.250. The highest BCUT2D eigenvalue weighted by Gasteiger charge is 2.30. The molecule has 5 rings (SSSR count). The highest BCUT2D eigenvalue weighted by atomic mass is 79.9. The van der Waals surface area contributed by atoms with Gasteiger partial charge in [-0.1, -0.05) is 46.3 Å². The van der Waals surface area contributed by atoms with Crippen molar-refractivity contribution in [2.45, 2.75) is 25.8 Å². The van der Waals surface area contributed by atoms with Gasteiger partial charge in [-0.15, -0.1) is 0 Å². The van der Waals surface area contributed by atoms with E-state index in [0.717, 1.165) is 47.4 Å². The first kappa shape index (κ1) is 21.8. The van der Waals surface area contributed by atoms with Crippen LogP contribution in [0.5, 0.6) is 5.75 Å². The number of ether oxygens (including phenoxy) is 1. The van der Waals surface area contributed by atoms with Gasteiger partial charge in [0.1, 0.15) is 5.75 Å². The molecule has 3 aromatic carbocycles. The summed E-state index contributed by atoms with van der Waals surface area (Å²) in [6.45, 7) is 4.34. The Morgan fingerprint density at radius 2 is 1.94 bits per heavy atom. The largest absolute Gasteiger partial charge is 0.497 e. The van der Waals surface area contributed by atoms with Gasteiger partial charge in [0.25, 0.3) is 5.91 Å². The van der Waals surface area contributed by atoms with Crippen molar-refractivity contribution >= 4 is 32.7 Å². The molecule has 0 bridgehead atoms. The van der Waals surface area contributed by atoms with Gasteiger partial charge in [0.05, 0.1) is 7.11 Å². The number of likely N-dealkylation sites (tertiary alicyclic amines) is 1. The summed E-state index contributed by atoms with van der Waals surface area (Å²) < 4.78 is 8.75. The van der Waals surface area contributed by atoms with Crippen molar-refractivity contribution in [3.8, 4) is 5.75 Å². The predicted molar refractivity (Wildman–Crippen MR) is 136 cm³/mol. The van der Waals surface area contributed by atoms with Crippen LogP contribution in [0.4, 0.5) is 0 Å². The fourth-order valence-corrected chi connectivity index (χ4v) is 5.10. The number of para-hydroxylation sites is 1. The Balaban J connectivity index is 1.41. The number of aryl methyl sites for hydroxylation is 1. The van der Waals surface area contributed by atoms with E-state index in [1.165, 1.54) is 22.0 Å². The third kappa shape index (κ3) is 4.30. The molecule has 1 unspecified atom stereocenters. The maximum absolute atomic E-state index is 13.2. The number of methoxy groups -OCH3 is 1. The van der Waals surface area contributed by atoms with E-state index in [4.69, 9.17) is 4.74 Å². The summed E-state index contributed by atoms with van der Waals surface area (Å²) in [5, 5.41) is 1.28. The molecule has 0 spiro atoms. The number of hydrogen-bond donors (Lipinski definition) is 0. The zero-order chi connectivity index (χ0) is 22.9. The van der Waals surface area contributed by atoms with E-state index < -0.39 is 0 Å². The molecule has 1 amide bonds. The maximum Gasteiger partial charge on any atom is 0.253 e. The Labute approximate surface area is 202 Å². The zero-order valence-electron chi connectivity index (χ0n) is 18.9. The van der Waals surface area contributed by atoms with Gasteiger partial charge < -0.3 is 14.2 Å². The first-order valence-electron chi connectivity index (χ1n) is 11.3. The molecule has 5 heteroatoms. The average Bonchev–Trinajstić information content (AvgIpc) is 3.46. The summed E-state index contributed by atoms with van der Waals surface area (Å²) in [6.07, 6.45) is 3.26. The maximum atomic E-state index is 13.2. The van der Waals surface area contributed by atoms with Gasteiger partial charge in [0.15, 0.2) is 0 Å². The molecule has 1 aliphatic rings. The predicted octanol–water partition coefficient (Wildman–Crippen LogP) is 6.40. The SMILES string of the molecule is COc1cccc(Cn2cc(C3CCN(C(=O)c4ccc(Br)c(C)c4)C3)c3ccccc32)c1. The summed E-state index contributed by atoms with van der Waals surface area (Å²) in [7, 11) is 1.70. The second-order valence-electron chi connectivity index (χ2n) is 8.78. The van der Waals surface area contributed by atoms with E-state index in [1.54, 1.807) is 7.11 Å². The lowest BCUT2D eigenvalue weighted by molar-refractivity contribution is 0.0790. The van der Waals surface area contributed by atoms with Crippen LogP contribution in [0.25, 0.3) is 10.9 Å². The number of benzene rings is 3. The number of rotatable bonds is 5. The molecule has 4 nitrogen and oxygen atoms in total. The molecule has 2 heterocycles. The molecule has 0 N–H and O–H groups in total. The van der Waals surface area contributed by atoms with Gasteiger partial charge in [-0.05, 0) is 66.4 Å². The Morgan fingerprint density at radius 1 is 1.09 bits per heavy atom. The van der Waals surface area contributed by atoms with Crippen LogP contribution in [0.2, 0.25) is 0 Å². The molecule has 0 saturated carbocycles. The lowest BCUT2D eigenvalue weighted by atomic mass is 9.98. The Hall–Kier alpha value is -3.05. The summed E-state index contributed by atoms with van der Waals surface area (Å²) in [5.74, 6) is 1.33. The molecule has 4 aromatic rings. The van der Waals surface area contributed by atoms with Crippen molar-refractivity contribution in [1.29, 1.82) is 0 Å². The van der Waals surface area contributed by atoms with Crippen LogP contribution in [-0.4, -0.2) is 35.6 Å². The van der Waals surface area contributed by atoms with Crippen LogP contribution in [0.3, 0.4) is 0 Å². The highest BCUT2D eigenvalue weighted by Crippen LogP contribution is 2.35. The van der Waals surface area contributed by atoms with E-state index in [0.29, 0.717) is 5.92 Å². The molecular weight excluding hydrogens is 476 g/mol. The van der Waals surface area contributed by atoms with Crippen molar-refractivity contribution in [1.82, 2.24) is 9.47 Å². The number of carbonyl (C=O) groups is 1. The third-order valence-corrected chi connectivity index (χ3v) is 7.52. The number of nitrogens with zero attached hydrogens (tertiary/aromatic N) is 2. The Kier molecular flexibility index (Phi) is 5.98. The van der Waals surface area contributed by atoms with E-state index in [9.17, 15) is 4.79 Å². The zero-order valence-corrected chi connectivity index (χ0v) is 20.5. The molecule has 1 aromatic heterocycles.